The topological polar surface area (TPSA) is 3.24 Å². The van der Waals surface area contributed by atoms with Gasteiger partial charge in [-0.1, -0.05) is 12.2 Å². The standard InChI is InChI=1S/C23H31N.C3H6/c1-2-10-24(9-1)15-4-6-16-14(11-15)3-5-18-17(16)7-8-23-13-21(23)19-12-20(19)22(18)23;1-3-2/h3,11,16-22H,1-2,4-10,12-13H2;3H,1H2,2H3. The van der Waals surface area contributed by atoms with Crippen molar-refractivity contribution in [3.8, 4) is 0 Å². The van der Waals surface area contributed by atoms with E-state index >= 15 is 0 Å². The molecule has 1 saturated heterocycles. The number of hydrogen-bond acceptors (Lipinski definition) is 1. The number of allylic oxidation sites excluding steroid dienone is 5. The van der Waals surface area contributed by atoms with Crippen LogP contribution in [0.4, 0.5) is 0 Å². The molecule has 5 fully saturated rings. The molecule has 8 unspecified atom stereocenters. The molecule has 8 atom stereocenters. The minimum Gasteiger partial charge on any atom is -0.375 e. The zero-order valence-electron chi connectivity index (χ0n) is 17.2. The normalized spacial score (nSPS) is 50.6. The van der Waals surface area contributed by atoms with Gasteiger partial charge in [0.05, 0.1) is 0 Å². The molecule has 0 aromatic rings. The zero-order valence-corrected chi connectivity index (χ0v) is 17.2. The summed E-state index contributed by atoms with van der Waals surface area (Å²) in [7, 11) is 0. The van der Waals surface area contributed by atoms with E-state index in [2.05, 4.69) is 23.6 Å². The van der Waals surface area contributed by atoms with Crippen LogP contribution >= 0.6 is 0 Å². The number of rotatable bonds is 1. The first-order chi connectivity index (χ1) is 13.3. The number of fused-ring (bicyclic) bond motifs is 7. The Labute approximate surface area is 166 Å². The summed E-state index contributed by atoms with van der Waals surface area (Å²) in [6.45, 7) is 7.90. The smallest absolute Gasteiger partial charge is 0.0175 e. The van der Waals surface area contributed by atoms with Gasteiger partial charge >= 0.3 is 0 Å². The molecule has 1 aliphatic heterocycles. The monoisotopic (exact) mass is 363 g/mol. The number of nitrogens with zero attached hydrogens (tertiary/aromatic N) is 1. The molecule has 1 heteroatoms. The summed E-state index contributed by atoms with van der Waals surface area (Å²) in [5.41, 5.74) is 4.34. The molecular weight excluding hydrogens is 326 g/mol. The summed E-state index contributed by atoms with van der Waals surface area (Å²) in [6, 6.07) is 0. The van der Waals surface area contributed by atoms with Gasteiger partial charge in [0.15, 0.2) is 0 Å². The maximum absolute atomic E-state index is 3.36. The van der Waals surface area contributed by atoms with Crippen LogP contribution in [0.2, 0.25) is 0 Å². The number of hydrogen-bond donors (Lipinski definition) is 0. The Kier molecular flexibility index (Phi) is 3.77. The van der Waals surface area contributed by atoms with Crippen LogP contribution < -0.4 is 0 Å². The maximum Gasteiger partial charge on any atom is 0.0175 e. The van der Waals surface area contributed by atoms with Crippen LogP contribution in [0.1, 0.15) is 64.7 Å². The van der Waals surface area contributed by atoms with Crippen molar-refractivity contribution in [3.63, 3.8) is 0 Å². The molecule has 0 bridgehead atoms. The van der Waals surface area contributed by atoms with E-state index in [0.29, 0.717) is 0 Å². The molecule has 7 aliphatic rings. The molecule has 0 N–H and O–H groups in total. The van der Waals surface area contributed by atoms with Crippen molar-refractivity contribution in [3.05, 3.63) is 36.1 Å². The molecule has 27 heavy (non-hydrogen) atoms. The van der Waals surface area contributed by atoms with E-state index in [4.69, 9.17) is 0 Å². The fourth-order valence-electron chi connectivity index (χ4n) is 8.82. The highest BCUT2D eigenvalue weighted by atomic mass is 15.1. The Morgan fingerprint density at radius 2 is 1.93 bits per heavy atom. The Morgan fingerprint density at radius 1 is 1.11 bits per heavy atom. The first-order valence-corrected chi connectivity index (χ1v) is 12.0. The van der Waals surface area contributed by atoms with Gasteiger partial charge in [0.2, 0.25) is 0 Å². The molecule has 0 amide bonds. The number of likely N-dealkylation sites (tertiary alicyclic amines) is 1. The van der Waals surface area contributed by atoms with Crippen LogP contribution in [0.5, 0.6) is 0 Å². The molecule has 1 nitrogen and oxygen atoms in total. The molecular formula is C26H37N. The average Bonchev–Trinajstić information content (AvgIpc) is 3.53. The van der Waals surface area contributed by atoms with Gasteiger partial charge in [-0.15, -0.1) is 6.58 Å². The van der Waals surface area contributed by atoms with Crippen LogP contribution in [0.3, 0.4) is 0 Å². The quantitative estimate of drug-likeness (QED) is 0.502. The van der Waals surface area contributed by atoms with Crippen molar-refractivity contribution in [2.45, 2.75) is 64.7 Å². The maximum atomic E-state index is 3.36. The second-order valence-electron chi connectivity index (χ2n) is 10.8. The van der Waals surface area contributed by atoms with Gasteiger partial charge in [-0.05, 0) is 123 Å². The van der Waals surface area contributed by atoms with Gasteiger partial charge in [-0.3, -0.25) is 0 Å². The predicted octanol–water partition coefficient (Wildman–Crippen LogP) is 6.20. The largest absolute Gasteiger partial charge is 0.375 e. The summed E-state index contributed by atoms with van der Waals surface area (Å²) >= 11 is 0. The van der Waals surface area contributed by atoms with Crippen molar-refractivity contribution in [2.75, 3.05) is 13.1 Å². The molecule has 0 aromatic carbocycles. The second-order valence-corrected chi connectivity index (χ2v) is 10.8. The fraction of sp³-hybridized carbons (Fsp3) is 0.769. The van der Waals surface area contributed by atoms with Crippen LogP contribution in [0, 0.1) is 46.8 Å². The predicted molar refractivity (Wildman–Crippen MR) is 112 cm³/mol. The van der Waals surface area contributed by atoms with E-state index in [1.54, 1.807) is 43.0 Å². The molecule has 146 valence electrons. The van der Waals surface area contributed by atoms with Crippen molar-refractivity contribution in [2.24, 2.45) is 46.8 Å². The van der Waals surface area contributed by atoms with Crippen LogP contribution in [0.25, 0.3) is 0 Å². The van der Waals surface area contributed by atoms with Gasteiger partial charge in [-0.25, -0.2) is 0 Å². The lowest BCUT2D eigenvalue weighted by molar-refractivity contribution is 0.0323. The van der Waals surface area contributed by atoms with Gasteiger partial charge in [-0.2, -0.15) is 0 Å². The summed E-state index contributed by atoms with van der Waals surface area (Å²) in [4.78, 5) is 2.69. The van der Waals surface area contributed by atoms with Crippen LogP contribution in [-0.2, 0) is 0 Å². The van der Waals surface area contributed by atoms with Crippen LogP contribution in [0.15, 0.2) is 36.1 Å². The average molecular weight is 364 g/mol. The van der Waals surface area contributed by atoms with E-state index in [-0.39, 0.29) is 0 Å². The van der Waals surface area contributed by atoms with Crippen molar-refractivity contribution in [1.82, 2.24) is 4.90 Å². The first kappa shape index (κ1) is 16.9. The van der Waals surface area contributed by atoms with Gasteiger partial charge < -0.3 is 4.90 Å². The fourth-order valence-corrected chi connectivity index (χ4v) is 8.82. The molecule has 1 heterocycles. The van der Waals surface area contributed by atoms with Gasteiger partial charge in [0.1, 0.15) is 0 Å². The highest BCUT2D eigenvalue weighted by molar-refractivity contribution is 5.35. The Morgan fingerprint density at radius 3 is 2.74 bits per heavy atom. The molecule has 6 aliphatic carbocycles. The van der Waals surface area contributed by atoms with E-state index in [9.17, 15) is 0 Å². The third-order valence-corrected chi connectivity index (χ3v) is 9.79. The molecule has 0 aromatic heterocycles. The second kappa shape index (κ2) is 6.01. The lowest BCUT2D eigenvalue weighted by Crippen LogP contribution is -2.42. The summed E-state index contributed by atoms with van der Waals surface area (Å²) < 4.78 is 0. The molecule has 4 saturated carbocycles. The van der Waals surface area contributed by atoms with Crippen LogP contribution in [-0.4, -0.2) is 18.0 Å². The first-order valence-electron chi connectivity index (χ1n) is 12.0. The highest BCUT2D eigenvalue weighted by Gasteiger charge is 2.78. The lowest BCUT2D eigenvalue weighted by atomic mass is 9.55. The van der Waals surface area contributed by atoms with Gasteiger partial charge in [0, 0.05) is 18.8 Å². The van der Waals surface area contributed by atoms with E-state index in [1.165, 1.54) is 62.9 Å². The molecule has 7 rings (SSSR count). The summed E-state index contributed by atoms with van der Waals surface area (Å²) in [5, 5.41) is 0. The third-order valence-electron chi connectivity index (χ3n) is 9.79. The summed E-state index contributed by atoms with van der Waals surface area (Å²) in [6.07, 6.45) is 20.7. The third kappa shape index (κ3) is 2.36. The Hall–Kier alpha value is -0.980. The highest BCUT2D eigenvalue weighted by Crippen LogP contribution is 2.84. The van der Waals surface area contributed by atoms with Crippen molar-refractivity contribution in [1.29, 1.82) is 0 Å². The molecule has 1 spiro atoms. The summed E-state index contributed by atoms with van der Waals surface area (Å²) in [5.74, 6) is 7.81. The van der Waals surface area contributed by atoms with Crippen molar-refractivity contribution >= 4 is 0 Å². The van der Waals surface area contributed by atoms with E-state index in [0.717, 1.165) is 29.1 Å². The van der Waals surface area contributed by atoms with Crippen molar-refractivity contribution < 1.29 is 0 Å². The van der Waals surface area contributed by atoms with Gasteiger partial charge in [0.25, 0.3) is 0 Å². The van der Waals surface area contributed by atoms with E-state index < -0.39 is 0 Å². The Bertz CT molecular complexity index is 695. The SMILES string of the molecule is C1=C2C=C(N3CCCC3)CCC2C2CCC34CC3C3CC3C4C2C1.C=CC. The van der Waals surface area contributed by atoms with E-state index in [1.807, 2.05) is 6.92 Å². The minimum absolute atomic E-state index is 0.894. The Balaban J connectivity index is 0.000000461. The molecule has 0 radical (unpaired) electrons. The minimum atomic E-state index is 0.894. The zero-order chi connectivity index (χ0) is 18.2. The lowest BCUT2D eigenvalue weighted by Gasteiger charge is -2.50.